The molecule has 0 amide bonds. The maximum absolute atomic E-state index is 5.87. The van der Waals surface area contributed by atoms with Crippen LogP contribution in [0.4, 0.5) is 0 Å². The molecule has 0 unspecified atom stereocenters. The van der Waals surface area contributed by atoms with E-state index >= 15 is 0 Å². The number of aryl methyl sites for hydroxylation is 1. The summed E-state index contributed by atoms with van der Waals surface area (Å²) in [7, 11) is 1.76. The average Bonchev–Trinajstić information content (AvgIpc) is 2.99. The molecule has 0 saturated heterocycles. The van der Waals surface area contributed by atoms with E-state index in [4.69, 9.17) is 11.6 Å². The molecule has 2 aromatic rings. The Kier molecular flexibility index (Phi) is 8.93. The van der Waals surface area contributed by atoms with E-state index in [1.165, 1.54) is 0 Å². The molecule has 0 aliphatic heterocycles. The SMILES string of the molecule is CCc1nncn1CCNC(=NC)NCc1ccc(Cl)cc1.I. The first-order valence-electron chi connectivity index (χ1n) is 7.28. The fourth-order valence-corrected chi connectivity index (χ4v) is 2.17. The lowest BCUT2D eigenvalue weighted by atomic mass is 10.2. The van der Waals surface area contributed by atoms with E-state index in [1.807, 2.05) is 28.8 Å². The van der Waals surface area contributed by atoms with Gasteiger partial charge in [-0.15, -0.1) is 34.2 Å². The minimum atomic E-state index is 0. The quantitative estimate of drug-likeness (QED) is 0.405. The second-order valence-electron chi connectivity index (χ2n) is 4.77. The van der Waals surface area contributed by atoms with Crippen LogP contribution in [-0.4, -0.2) is 34.3 Å². The monoisotopic (exact) mass is 448 g/mol. The first-order valence-corrected chi connectivity index (χ1v) is 7.66. The molecule has 1 aromatic heterocycles. The molecule has 23 heavy (non-hydrogen) atoms. The first-order chi connectivity index (χ1) is 10.7. The summed E-state index contributed by atoms with van der Waals surface area (Å²) in [6.45, 7) is 4.33. The Morgan fingerprint density at radius 3 is 2.65 bits per heavy atom. The molecular formula is C15H22ClIN6. The van der Waals surface area contributed by atoms with Gasteiger partial charge in [0.25, 0.3) is 0 Å². The van der Waals surface area contributed by atoms with Gasteiger partial charge in [0.05, 0.1) is 0 Å². The minimum absolute atomic E-state index is 0. The topological polar surface area (TPSA) is 67.1 Å². The van der Waals surface area contributed by atoms with Crippen molar-refractivity contribution in [2.45, 2.75) is 26.4 Å². The van der Waals surface area contributed by atoms with Crippen LogP contribution in [0.5, 0.6) is 0 Å². The highest BCUT2D eigenvalue weighted by molar-refractivity contribution is 14.0. The number of nitrogens with one attached hydrogen (secondary N) is 2. The number of guanidine groups is 1. The zero-order chi connectivity index (χ0) is 15.8. The molecule has 1 heterocycles. The number of benzene rings is 1. The van der Waals surface area contributed by atoms with Crippen LogP contribution in [0.3, 0.4) is 0 Å². The summed E-state index contributed by atoms with van der Waals surface area (Å²) in [5.41, 5.74) is 1.15. The fourth-order valence-electron chi connectivity index (χ4n) is 2.04. The molecule has 1 aromatic carbocycles. The van der Waals surface area contributed by atoms with Crippen molar-refractivity contribution in [3.8, 4) is 0 Å². The van der Waals surface area contributed by atoms with Crippen molar-refractivity contribution >= 4 is 41.5 Å². The summed E-state index contributed by atoms with van der Waals surface area (Å²) in [6.07, 6.45) is 2.63. The van der Waals surface area contributed by atoms with E-state index in [9.17, 15) is 0 Å². The van der Waals surface area contributed by atoms with Gasteiger partial charge in [-0.25, -0.2) is 0 Å². The Balaban J connectivity index is 0.00000264. The number of hydrogen-bond donors (Lipinski definition) is 2. The minimum Gasteiger partial charge on any atom is -0.355 e. The maximum atomic E-state index is 5.87. The molecule has 126 valence electrons. The zero-order valence-corrected chi connectivity index (χ0v) is 16.4. The molecule has 0 saturated carbocycles. The van der Waals surface area contributed by atoms with Crippen LogP contribution >= 0.6 is 35.6 Å². The van der Waals surface area contributed by atoms with Crippen molar-refractivity contribution in [2.24, 2.45) is 4.99 Å². The van der Waals surface area contributed by atoms with Crippen LogP contribution in [0.2, 0.25) is 5.02 Å². The lowest BCUT2D eigenvalue weighted by Crippen LogP contribution is -2.38. The van der Waals surface area contributed by atoms with Gasteiger partial charge in [0.2, 0.25) is 0 Å². The number of aromatic nitrogens is 3. The number of hydrogen-bond acceptors (Lipinski definition) is 3. The van der Waals surface area contributed by atoms with Crippen molar-refractivity contribution in [2.75, 3.05) is 13.6 Å². The average molecular weight is 449 g/mol. The standard InChI is InChI=1S/C15H21ClN6.HI/c1-3-14-21-20-11-22(14)9-8-18-15(17-2)19-10-12-4-6-13(16)7-5-12;/h4-7,11H,3,8-10H2,1-2H3,(H2,17,18,19);1H. The van der Waals surface area contributed by atoms with E-state index in [0.29, 0.717) is 6.54 Å². The van der Waals surface area contributed by atoms with Gasteiger partial charge in [-0.3, -0.25) is 4.99 Å². The molecule has 0 aliphatic rings. The molecule has 8 heteroatoms. The van der Waals surface area contributed by atoms with Crippen LogP contribution in [0.25, 0.3) is 0 Å². The lowest BCUT2D eigenvalue weighted by molar-refractivity contribution is 0.632. The molecule has 0 atom stereocenters. The summed E-state index contributed by atoms with van der Waals surface area (Å²) in [5, 5.41) is 15.3. The van der Waals surface area contributed by atoms with E-state index in [0.717, 1.165) is 41.9 Å². The van der Waals surface area contributed by atoms with Crippen LogP contribution in [0.1, 0.15) is 18.3 Å². The van der Waals surface area contributed by atoms with Gasteiger partial charge in [-0.2, -0.15) is 0 Å². The predicted molar refractivity (Wildman–Crippen MR) is 104 cm³/mol. The smallest absolute Gasteiger partial charge is 0.191 e. The highest BCUT2D eigenvalue weighted by Gasteiger charge is 2.02. The van der Waals surface area contributed by atoms with E-state index < -0.39 is 0 Å². The first kappa shape index (κ1) is 19.7. The molecule has 0 bridgehead atoms. The summed E-state index contributed by atoms with van der Waals surface area (Å²) < 4.78 is 2.04. The van der Waals surface area contributed by atoms with Gasteiger partial charge >= 0.3 is 0 Å². The van der Waals surface area contributed by atoms with Gasteiger partial charge in [0.15, 0.2) is 5.96 Å². The molecule has 0 radical (unpaired) electrons. The summed E-state index contributed by atoms with van der Waals surface area (Å²) in [6, 6.07) is 7.75. The van der Waals surface area contributed by atoms with Crippen LogP contribution in [-0.2, 0) is 19.5 Å². The third-order valence-corrected chi connectivity index (χ3v) is 3.51. The zero-order valence-electron chi connectivity index (χ0n) is 13.3. The van der Waals surface area contributed by atoms with Crippen LogP contribution in [0.15, 0.2) is 35.6 Å². The van der Waals surface area contributed by atoms with E-state index in [1.54, 1.807) is 13.4 Å². The predicted octanol–water partition coefficient (Wildman–Crippen LogP) is 2.48. The van der Waals surface area contributed by atoms with Crippen LogP contribution in [0, 0.1) is 0 Å². The Bertz CT molecular complexity index is 611. The van der Waals surface area contributed by atoms with Crippen molar-refractivity contribution in [1.29, 1.82) is 0 Å². The van der Waals surface area contributed by atoms with Gasteiger partial charge in [0, 0.05) is 38.1 Å². The van der Waals surface area contributed by atoms with E-state index in [2.05, 4.69) is 32.7 Å². The van der Waals surface area contributed by atoms with Gasteiger partial charge in [0.1, 0.15) is 12.2 Å². The van der Waals surface area contributed by atoms with Crippen molar-refractivity contribution in [3.63, 3.8) is 0 Å². The number of rotatable bonds is 6. The van der Waals surface area contributed by atoms with Crippen molar-refractivity contribution < 1.29 is 0 Å². The summed E-state index contributed by atoms with van der Waals surface area (Å²) >= 11 is 5.87. The molecule has 0 aliphatic carbocycles. The third-order valence-electron chi connectivity index (χ3n) is 3.25. The molecular weight excluding hydrogens is 427 g/mol. The number of aliphatic imine (C=N–C) groups is 1. The van der Waals surface area contributed by atoms with Crippen LogP contribution < -0.4 is 10.6 Å². The normalized spacial score (nSPS) is 11.0. The van der Waals surface area contributed by atoms with Crippen molar-refractivity contribution in [3.05, 3.63) is 47.0 Å². The second-order valence-corrected chi connectivity index (χ2v) is 5.21. The Morgan fingerprint density at radius 2 is 2.00 bits per heavy atom. The van der Waals surface area contributed by atoms with Crippen molar-refractivity contribution in [1.82, 2.24) is 25.4 Å². The summed E-state index contributed by atoms with van der Waals surface area (Å²) in [4.78, 5) is 4.21. The number of nitrogens with zero attached hydrogens (tertiary/aromatic N) is 4. The molecule has 2 rings (SSSR count). The molecule has 6 nitrogen and oxygen atoms in total. The van der Waals surface area contributed by atoms with Gasteiger partial charge < -0.3 is 15.2 Å². The largest absolute Gasteiger partial charge is 0.355 e. The summed E-state index contributed by atoms with van der Waals surface area (Å²) in [5.74, 6) is 1.76. The third kappa shape index (κ3) is 6.34. The highest BCUT2D eigenvalue weighted by atomic mass is 127. The highest BCUT2D eigenvalue weighted by Crippen LogP contribution is 2.08. The Hall–Kier alpha value is -1.35. The van der Waals surface area contributed by atoms with Gasteiger partial charge in [-0.05, 0) is 17.7 Å². The Labute approximate surface area is 158 Å². The molecule has 0 spiro atoms. The van der Waals surface area contributed by atoms with Gasteiger partial charge in [-0.1, -0.05) is 30.7 Å². The molecule has 2 N–H and O–H groups in total. The molecule has 0 fully saturated rings. The maximum Gasteiger partial charge on any atom is 0.191 e. The lowest BCUT2D eigenvalue weighted by Gasteiger charge is -2.12. The Morgan fingerprint density at radius 1 is 1.26 bits per heavy atom. The fraction of sp³-hybridized carbons (Fsp3) is 0.400. The number of halogens is 2. The second kappa shape index (κ2) is 10.4. The van der Waals surface area contributed by atoms with E-state index in [-0.39, 0.29) is 24.0 Å².